The zero-order valence-corrected chi connectivity index (χ0v) is 12.9. The minimum atomic E-state index is -0.0809. The number of hydrogen-bond donors (Lipinski definition) is 2. The first-order valence-corrected chi connectivity index (χ1v) is 7.35. The number of nitrogens with two attached hydrogens (primary N) is 1. The van der Waals surface area contributed by atoms with Crippen molar-refractivity contribution in [2.24, 2.45) is 0 Å². The van der Waals surface area contributed by atoms with Gasteiger partial charge in [0.2, 0.25) is 5.91 Å². The number of imidazole rings is 1. The zero-order valence-electron chi connectivity index (χ0n) is 12.9. The highest BCUT2D eigenvalue weighted by molar-refractivity contribution is 5.88. The molecule has 0 bridgehead atoms. The van der Waals surface area contributed by atoms with E-state index in [0.717, 1.165) is 34.9 Å². The second-order valence-electron chi connectivity index (χ2n) is 5.38. The van der Waals surface area contributed by atoms with Crippen LogP contribution in [-0.2, 0) is 11.3 Å². The summed E-state index contributed by atoms with van der Waals surface area (Å²) in [5, 5.41) is 2.76. The van der Waals surface area contributed by atoms with Crippen LogP contribution in [0.5, 0.6) is 0 Å². The summed E-state index contributed by atoms with van der Waals surface area (Å²) in [7, 11) is 0. The van der Waals surface area contributed by atoms with Crippen LogP contribution in [0.15, 0.2) is 60.9 Å². The second kappa shape index (κ2) is 6.36. The number of hydrogen-bond acceptors (Lipinski definition) is 3. The fraction of sp³-hybridized carbons (Fsp3) is 0.111. The molecule has 3 N–H and O–H groups in total. The Morgan fingerprint density at radius 2 is 1.83 bits per heavy atom. The smallest absolute Gasteiger partial charge is 0.221 e. The number of carbonyl (C=O) groups excluding carboxylic acids is 1. The molecule has 3 rings (SSSR count). The van der Waals surface area contributed by atoms with Crippen LogP contribution in [0.25, 0.3) is 11.4 Å². The van der Waals surface area contributed by atoms with Crippen LogP contribution in [-0.4, -0.2) is 15.5 Å². The van der Waals surface area contributed by atoms with E-state index in [1.807, 2.05) is 54.7 Å². The van der Waals surface area contributed by atoms with Gasteiger partial charge in [0.1, 0.15) is 5.82 Å². The number of aromatic nitrogens is 2. The highest BCUT2D eigenvalue weighted by Crippen LogP contribution is 2.21. The summed E-state index contributed by atoms with van der Waals surface area (Å²) in [6.07, 6.45) is 3.74. The number of carbonyl (C=O) groups is 1. The minimum Gasteiger partial charge on any atom is -0.399 e. The largest absolute Gasteiger partial charge is 0.399 e. The maximum absolute atomic E-state index is 11.1. The molecule has 0 spiro atoms. The molecule has 1 aromatic heterocycles. The zero-order chi connectivity index (χ0) is 16.2. The monoisotopic (exact) mass is 306 g/mol. The molecule has 0 aliphatic heterocycles. The van der Waals surface area contributed by atoms with Crippen molar-refractivity contribution in [3.63, 3.8) is 0 Å². The van der Waals surface area contributed by atoms with E-state index < -0.39 is 0 Å². The van der Waals surface area contributed by atoms with Gasteiger partial charge in [0.05, 0.1) is 0 Å². The van der Waals surface area contributed by atoms with Gasteiger partial charge in [-0.1, -0.05) is 12.1 Å². The molecule has 116 valence electrons. The summed E-state index contributed by atoms with van der Waals surface area (Å²) in [6, 6.07) is 15.5. The molecule has 0 aliphatic carbocycles. The lowest BCUT2D eigenvalue weighted by atomic mass is 10.1. The second-order valence-corrected chi connectivity index (χ2v) is 5.38. The summed E-state index contributed by atoms with van der Waals surface area (Å²) >= 11 is 0. The van der Waals surface area contributed by atoms with Crippen LogP contribution in [0.4, 0.5) is 11.4 Å². The Morgan fingerprint density at radius 3 is 2.48 bits per heavy atom. The van der Waals surface area contributed by atoms with Crippen molar-refractivity contribution in [2.75, 3.05) is 11.1 Å². The van der Waals surface area contributed by atoms with Gasteiger partial charge < -0.3 is 15.6 Å². The highest BCUT2D eigenvalue weighted by Gasteiger charge is 2.07. The number of amides is 1. The molecule has 0 fully saturated rings. The topological polar surface area (TPSA) is 72.9 Å². The predicted molar refractivity (Wildman–Crippen MR) is 91.9 cm³/mol. The fourth-order valence-electron chi connectivity index (χ4n) is 2.42. The van der Waals surface area contributed by atoms with Crippen molar-refractivity contribution in [3.8, 4) is 11.4 Å². The fourth-order valence-corrected chi connectivity index (χ4v) is 2.42. The van der Waals surface area contributed by atoms with Gasteiger partial charge in [-0.3, -0.25) is 4.79 Å². The summed E-state index contributed by atoms with van der Waals surface area (Å²) < 4.78 is 2.08. The number of anilines is 2. The summed E-state index contributed by atoms with van der Waals surface area (Å²) in [4.78, 5) is 15.5. The van der Waals surface area contributed by atoms with Gasteiger partial charge in [0, 0.05) is 42.8 Å². The normalized spacial score (nSPS) is 10.5. The maximum Gasteiger partial charge on any atom is 0.221 e. The van der Waals surface area contributed by atoms with Crippen molar-refractivity contribution in [1.82, 2.24) is 9.55 Å². The molecule has 0 saturated carbocycles. The molecule has 0 atom stereocenters. The third kappa shape index (κ3) is 3.58. The van der Waals surface area contributed by atoms with E-state index in [9.17, 15) is 4.79 Å². The summed E-state index contributed by atoms with van der Waals surface area (Å²) in [5.41, 5.74) is 9.41. The molecule has 3 aromatic rings. The number of rotatable bonds is 4. The Balaban J connectivity index is 1.82. The van der Waals surface area contributed by atoms with Crippen LogP contribution in [0, 0.1) is 0 Å². The first-order chi connectivity index (χ1) is 11.1. The lowest BCUT2D eigenvalue weighted by Crippen LogP contribution is -2.05. The lowest BCUT2D eigenvalue weighted by Gasteiger charge is -2.09. The van der Waals surface area contributed by atoms with E-state index >= 15 is 0 Å². The van der Waals surface area contributed by atoms with Gasteiger partial charge in [-0.2, -0.15) is 0 Å². The molecule has 23 heavy (non-hydrogen) atoms. The molecule has 1 amide bonds. The Morgan fingerprint density at radius 1 is 1.13 bits per heavy atom. The molecule has 5 heteroatoms. The molecular weight excluding hydrogens is 288 g/mol. The van der Waals surface area contributed by atoms with Crippen molar-refractivity contribution in [1.29, 1.82) is 0 Å². The SMILES string of the molecule is CC(=O)Nc1ccc(-c2nccn2Cc2ccc(N)cc2)cc1. The van der Waals surface area contributed by atoms with Crippen LogP contribution >= 0.6 is 0 Å². The Hall–Kier alpha value is -3.08. The molecule has 0 aliphatic rings. The molecule has 2 aromatic carbocycles. The molecule has 0 unspecified atom stereocenters. The van der Waals surface area contributed by atoms with Crippen molar-refractivity contribution in [3.05, 3.63) is 66.5 Å². The Kier molecular flexibility index (Phi) is 4.10. The van der Waals surface area contributed by atoms with E-state index in [-0.39, 0.29) is 5.91 Å². The molecule has 5 nitrogen and oxygen atoms in total. The average Bonchev–Trinajstić information content (AvgIpc) is 2.98. The lowest BCUT2D eigenvalue weighted by molar-refractivity contribution is -0.114. The Labute approximate surface area is 134 Å². The van der Waals surface area contributed by atoms with Crippen molar-refractivity contribution < 1.29 is 4.79 Å². The third-order valence-electron chi connectivity index (χ3n) is 3.51. The number of benzene rings is 2. The predicted octanol–water partition coefficient (Wildman–Crippen LogP) is 3.14. The van der Waals surface area contributed by atoms with Crippen LogP contribution < -0.4 is 11.1 Å². The molecule has 1 heterocycles. The maximum atomic E-state index is 11.1. The standard InChI is InChI=1S/C18H18N4O/c1-13(23)21-17-8-4-15(5-9-17)18-20-10-11-22(18)12-14-2-6-16(19)7-3-14/h2-11H,12,19H2,1H3,(H,21,23). The molecule has 0 radical (unpaired) electrons. The van der Waals surface area contributed by atoms with E-state index in [0.29, 0.717) is 0 Å². The van der Waals surface area contributed by atoms with Gasteiger partial charge in [-0.05, 0) is 42.0 Å². The highest BCUT2D eigenvalue weighted by atomic mass is 16.1. The first-order valence-electron chi connectivity index (χ1n) is 7.35. The van der Waals surface area contributed by atoms with Crippen LogP contribution in [0.3, 0.4) is 0 Å². The van der Waals surface area contributed by atoms with E-state index in [1.54, 1.807) is 6.20 Å². The quantitative estimate of drug-likeness (QED) is 0.727. The van der Waals surface area contributed by atoms with E-state index in [4.69, 9.17) is 5.73 Å². The van der Waals surface area contributed by atoms with Gasteiger partial charge >= 0.3 is 0 Å². The van der Waals surface area contributed by atoms with E-state index in [1.165, 1.54) is 6.92 Å². The van der Waals surface area contributed by atoms with Crippen molar-refractivity contribution >= 4 is 17.3 Å². The summed E-state index contributed by atoms with van der Waals surface area (Å²) in [6.45, 7) is 2.22. The minimum absolute atomic E-state index is 0.0809. The van der Waals surface area contributed by atoms with Crippen molar-refractivity contribution in [2.45, 2.75) is 13.5 Å². The third-order valence-corrected chi connectivity index (χ3v) is 3.51. The number of nitrogens with zero attached hydrogens (tertiary/aromatic N) is 2. The summed E-state index contributed by atoms with van der Waals surface area (Å²) in [5.74, 6) is 0.804. The number of nitrogen functional groups attached to an aromatic ring is 1. The first kappa shape index (κ1) is 14.8. The van der Waals surface area contributed by atoms with Crippen LogP contribution in [0.2, 0.25) is 0 Å². The van der Waals surface area contributed by atoms with Gasteiger partial charge in [-0.15, -0.1) is 0 Å². The van der Waals surface area contributed by atoms with E-state index in [2.05, 4.69) is 14.9 Å². The molecule has 0 saturated heterocycles. The average molecular weight is 306 g/mol. The van der Waals surface area contributed by atoms with Crippen LogP contribution in [0.1, 0.15) is 12.5 Å². The van der Waals surface area contributed by atoms with Gasteiger partial charge in [0.15, 0.2) is 0 Å². The van der Waals surface area contributed by atoms with Gasteiger partial charge in [0.25, 0.3) is 0 Å². The number of nitrogens with one attached hydrogen (secondary N) is 1. The molecular formula is C18H18N4O. The Bertz CT molecular complexity index is 804. The van der Waals surface area contributed by atoms with Gasteiger partial charge in [-0.25, -0.2) is 4.98 Å².